The Morgan fingerprint density at radius 2 is 1.77 bits per heavy atom. The van der Waals surface area contributed by atoms with Crippen molar-refractivity contribution in [2.24, 2.45) is 0 Å². The van der Waals surface area contributed by atoms with Crippen LogP contribution in [0.1, 0.15) is 24.3 Å². The summed E-state index contributed by atoms with van der Waals surface area (Å²) in [6, 6.07) is 7.78. The molecule has 69 valence electrons. The minimum absolute atomic E-state index is 0.0756. The summed E-state index contributed by atoms with van der Waals surface area (Å²) in [6.07, 6.45) is 2.15. The molecule has 0 spiro atoms. The number of rotatable bonds is 2. The largest absolute Gasteiger partial charge is 0.119 e. The van der Waals surface area contributed by atoms with Crippen LogP contribution in [0.15, 0.2) is 24.3 Å². The zero-order valence-electron chi connectivity index (χ0n) is 7.26. The van der Waals surface area contributed by atoms with Crippen molar-refractivity contribution in [2.75, 3.05) is 0 Å². The van der Waals surface area contributed by atoms with E-state index in [2.05, 4.69) is 6.92 Å². The first-order valence-electron chi connectivity index (χ1n) is 4.39. The molecule has 0 saturated heterocycles. The summed E-state index contributed by atoms with van der Waals surface area (Å²) in [7, 11) is 0. The van der Waals surface area contributed by atoms with Gasteiger partial charge in [0.2, 0.25) is 0 Å². The lowest BCUT2D eigenvalue weighted by Gasteiger charge is -2.16. The first kappa shape index (κ1) is 9.36. The van der Waals surface area contributed by atoms with E-state index < -0.39 is 0 Å². The van der Waals surface area contributed by atoms with Gasteiger partial charge in [0, 0.05) is 10.9 Å². The van der Waals surface area contributed by atoms with Crippen LogP contribution in [0.5, 0.6) is 0 Å². The van der Waals surface area contributed by atoms with Crippen molar-refractivity contribution in [2.45, 2.75) is 23.6 Å². The summed E-state index contributed by atoms with van der Waals surface area (Å²) in [6.45, 7) is 4.10. The summed E-state index contributed by atoms with van der Waals surface area (Å²) in [5.41, 5.74) is 1.18. The lowest BCUT2D eigenvalue weighted by molar-refractivity contribution is 0.761. The molecule has 0 N–H and O–H groups in total. The van der Waals surface area contributed by atoms with Gasteiger partial charge >= 0.3 is 0 Å². The second-order valence-corrected chi connectivity index (χ2v) is 4.83. The summed E-state index contributed by atoms with van der Waals surface area (Å²) >= 11 is 12.1. The van der Waals surface area contributed by atoms with Crippen LogP contribution < -0.4 is 0 Å². The van der Waals surface area contributed by atoms with Crippen molar-refractivity contribution in [1.82, 2.24) is 0 Å². The van der Waals surface area contributed by atoms with Crippen LogP contribution in [0.25, 0.3) is 0 Å². The van der Waals surface area contributed by atoms with Gasteiger partial charge in [-0.2, -0.15) is 0 Å². The number of hydrogen-bond acceptors (Lipinski definition) is 0. The Kier molecular flexibility index (Phi) is 2.29. The molecule has 0 aliphatic heterocycles. The maximum absolute atomic E-state index is 6.27. The van der Waals surface area contributed by atoms with E-state index in [4.69, 9.17) is 23.2 Å². The third-order valence-electron chi connectivity index (χ3n) is 2.62. The molecule has 1 radical (unpaired) electrons. The summed E-state index contributed by atoms with van der Waals surface area (Å²) in [4.78, 5) is -0.0756. The third-order valence-corrected chi connectivity index (χ3v) is 3.52. The molecule has 1 fully saturated rings. The van der Waals surface area contributed by atoms with E-state index in [0.29, 0.717) is 0 Å². The smallest absolute Gasteiger partial charge is 0.0516 e. The Morgan fingerprint density at radius 3 is 2.23 bits per heavy atom. The van der Waals surface area contributed by atoms with E-state index in [9.17, 15) is 0 Å². The van der Waals surface area contributed by atoms with E-state index in [-0.39, 0.29) is 10.8 Å². The Hall–Kier alpha value is -0.200. The number of benzene rings is 1. The van der Waals surface area contributed by atoms with Crippen molar-refractivity contribution in [3.8, 4) is 0 Å². The van der Waals surface area contributed by atoms with Crippen LogP contribution in [-0.4, -0.2) is 4.87 Å². The van der Waals surface area contributed by atoms with E-state index in [0.717, 1.165) is 17.9 Å². The van der Waals surface area contributed by atoms with Gasteiger partial charge in [-0.1, -0.05) is 23.7 Å². The maximum Gasteiger partial charge on any atom is 0.0516 e. The topological polar surface area (TPSA) is 0 Å². The summed E-state index contributed by atoms with van der Waals surface area (Å²) < 4.78 is 0. The molecule has 0 aromatic heterocycles. The van der Waals surface area contributed by atoms with Crippen molar-refractivity contribution in [3.63, 3.8) is 0 Å². The van der Waals surface area contributed by atoms with Crippen molar-refractivity contribution in [1.29, 1.82) is 0 Å². The monoisotopic (exact) mass is 213 g/mol. The van der Waals surface area contributed by atoms with Gasteiger partial charge < -0.3 is 0 Å². The standard InChI is InChI=1S/C11H11Cl2/c1-8(11(13)6-7-11)9-2-4-10(12)5-3-9/h2-5,8H,1,6-7H2. The van der Waals surface area contributed by atoms with Gasteiger partial charge in [-0.25, -0.2) is 0 Å². The fraction of sp³-hybridized carbons (Fsp3) is 0.364. The van der Waals surface area contributed by atoms with Gasteiger partial charge in [0.05, 0.1) is 4.87 Å². The van der Waals surface area contributed by atoms with Crippen molar-refractivity contribution in [3.05, 3.63) is 41.8 Å². The predicted molar refractivity (Wildman–Crippen MR) is 57.4 cm³/mol. The van der Waals surface area contributed by atoms with Crippen molar-refractivity contribution >= 4 is 23.2 Å². The summed E-state index contributed by atoms with van der Waals surface area (Å²) in [5.74, 6) is 0.187. The SMILES string of the molecule is [CH2]C(c1ccc(Cl)cc1)C1(Cl)CC1. The Bertz CT molecular complexity index is 298. The quantitative estimate of drug-likeness (QED) is 0.652. The van der Waals surface area contributed by atoms with Gasteiger partial charge in [0.15, 0.2) is 0 Å². The molecule has 1 aromatic carbocycles. The van der Waals surface area contributed by atoms with Crippen LogP contribution in [0.2, 0.25) is 5.02 Å². The van der Waals surface area contributed by atoms with Crippen LogP contribution >= 0.6 is 23.2 Å². The van der Waals surface area contributed by atoms with Crippen molar-refractivity contribution < 1.29 is 0 Å². The number of hydrogen-bond donors (Lipinski definition) is 0. The first-order valence-corrected chi connectivity index (χ1v) is 5.15. The average Bonchev–Trinajstić information content (AvgIpc) is 2.85. The Morgan fingerprint density at radius 1 is 1.23 bits per heavy atom. The van der Waals surface area contributed by atoms with E-state index in [1.165, 1.54) is 5.56 Å². The predicted octanol–water partition coefficient (Wildman–Crippen LogP) is 4.03. The van der Waals surface area contributed by atoms with Crippen LogP contribution in [0, 0.1) is 6.92 Å². The van der Waals surface area contributed by atoms with Gasteiger partial charge in [-0.05, 0) is 37.5 Å². The zero-order valence-corrected chi connectivity index (χ0v) is 8.78. The van der Waals surface area contributed by atoms with E-state index >= 15 is 0 Å². The molecule has 0 amide bonds. The first-order chi connectivity index (χ1) is 6.12. The molecule has 1 aliphatic rings. The molecular formula is C11H11Cl2. The van der Waals surface area contributed by atoms with Crippen LogP contribution in [0.3, 0.4) is 0 Å². The summed E-state index contributed by atoms with van der Waals surface area (Å²) in [5, 5.41) is 0.760. The van der Waals surface area contributed by atoms with Gasteiger partial charge in [0.1, 0.15) is 0 Å². The molecular weight excluding hydrogens is 203 g/mol. The maximum atomic E-state index is 6.27. The molecule has 13 heavy (non-hydrogen) atoms. The molecule has 1 saturated carbocycles. The van der Waals surface area contributed by atoms with E-state index in [1.807, 2.05) is 24.3 Å². The second kappa shape index (κ2) is 3.18. The highest BCUT2D eigenvalue weighted by atomic mass is 35.5. The molecule has 0 nitrogen and oxygen atoms in total. The zero-order chi connectivity index (χ0) is 9.47. The average molecular weight is 214 g/mol. The molecule has 1 unspecified atom stereocenters. The highest BCUT2D eigenvalue weighted by molar-refractivity contribution is 6.30. The molecule has 1 atom stereocenters. The van der Waals surface area contributed by atoms with Gasteiger partial charge in [-0.15, -0.1) is 11.6 Å². The lowest BCUT2D eigenvalue weighted by Crippen LogP contribution is -2.10. The molecule has 0 heterocycles. The van der Waals surface area contributed by atoms with E-state index in [1.54, 1.807) is 0 Å². The van der Waals surface area contributed by atoms with Crippen LogP contribution in [0.4, 0.5) is 0 Å². The minimum Gasteiger partial charge on any atom is -0.119 e. The molecule has 1 aliphatic carbocycles. The minimum atomic E-state index is -0.0756. The molecule has 1 aromatic rings. The molecule has 0 bridgehead atoms. The number of halogens is 2. The highest BCUT2D eigenvalue weighted by Crippen LogP contribution is 2.52. The second-order valence-electron chi connectivity index (χ2n) is 3.64. The fourth-order valence-corrected chi connectivity index (χ4v) is 1.81. The molecule has 2 rings (SSSR count). The lowest BCUT2D eigenvalue weighted by atomic mass is 9.96. The Labute approximate surface area is 88.9 Å². The molecule has 2 heteroatoms. The normalized spacial score (nSPS) is 21.2. The third kappa shape index (κ3) is 1.84. The Balaban J connectivity index is 2.20. The fourth-order valence-electron chi connectivity index (χ4n) is 1.46. The van der Waals surface area contributed by atoms with Gasteiger partial charge in [-0.3, -0.25) is 0 Å². The van der Waals surface area contributed by atoms with Crippen LogP contribution in [-0.2, 0) is 0 Å². The number of alkyl halides is 1. The van der Waals surface area contributed by atoms with Gasteiger partial charge in [0.25, 0.3) is 0 Å². The highest BCUT2D eigenvalue weighted by Gasteiger charge is 2.45.